The first-order chi connectivity index (χ1) is 10.5. The minimum atomic E-state index is -0.482. The maximum Gasteiger partial charge on any atom is 0.229 e. The molecule has 0 radical (unpaired) electrons. The van der Waals surface area contributed by atoms with Gasteiger partial charge in [0.1, 0.15) is 5.82 Å². The van der Waals surface area contributed by atoms with E-state index in [0.717, 1.165) is 12.8 Å². The molecule has 1 amide bonds. The monoisotopic (exact) mass is 323 g/mol. The highest BCUT2D eigenvalue weighted by molar-refractivity contribution is 6.31. The average Bonchev–Trinajstić information content (AvgIpc) is 3.23. The number of halogens is 2. The molecule has 1 fully saturated rings. The maximum absolute atomic E-state index is 13.7. The molecule has 1 aliphatic rings. The third kappa shape index (κ3) is 3.27. The van der Waals surface area contributed by atoms with Crippen LogP contribution in [0.4, 0.5) is 4.39 Å². The van der Waals surface area contributed by atoms with Crippen LogP contribution in [0.2, 0.25) is 5.02 Å². The molecule has 1 heterocycles. The van der Waals surface area contributed by atoms with Crippen LogP contribution in [0.25, 0.3) is 0 Å². The number of aromatic nitrogens is 2. The number of hydrogen-bond acceptors (Lipinski definition) is 4. The summed E-state index contributed by atoms with van der Waals surface area (Å²) < 4.78 is 18.9. The van der Waals surface area contributed by atoms with E-state index in [4.69, 9.17) is 16.1 Å². The normalized spacial score (nSPS) is 14.1. The van der Waals surface area contributed by atoms with Gasteiger partial charge in [-0.25, -0.2) is 4.39 Å². The zero-order valence-corrected chi connectivity index (χ0v) is 12.8. The zero-order valence-electron chi connectivity index (χ0n) is 12.1. The molecule has 0 saturated heterocycles. The molecule has 5 nitrogen and oxygen atoms in total. The van der Waals surface area contributed by atoms with E-state index in [1.165, 1.54) is 17.0 Å². The molecule has 7 heteroatoms. The van der Waals surface area contributed by atoms with Gasteiger partial charge in [-0.15, -0.1) is 0 Å². The fourth-order valence-corrected chi connectivity index (χ4v) is 2.35. The predicted molar refractivity (Wildman–Crippen MR) is 77.9 cm³/mol. The third-order valence-corrected chi connectivity index (χ3v) is 3.96. The Morgan fingerprint density at radius 1 is 1.50 bits per heavy atom. The number of amides is 1. The molecule has 0 aliphatic heterocycles. The molecule has 0 unspecified atom stereocenters. The van der Waals surface area contributed by atoms with E-state index >= 15 is 0 Å². The van der Waals surface area contributed by atoms with Crippen LogP contribution in [0, 0.1) is 5.82 Å². The summed E-state index contributed by atoms with van der Waals surface area (Å²) in [5.41, 5.74) is 0.202. The van der Waals surface area contributed by atoms with Gasteiger partial charge in [-0.05, 0) is 25.0 Å². The maximum atomic E-state index is 13.7. The van der Waals surface area contributed by atoms with Gasteiger partial charge in [0.05, 0.1) is 13.0 Å². The number of rotatable bonds is 5. The molecule has 3 rings (SSSR count). The van der Waals surface area contributed by atoms with Crippen molar-refractivity contribution in [1.82, 2.24) is 15.0 Å². The lowest BCUT2D eigenvalue weighted by Crippen LogP contribution is -2.28. The van der Waals surface area contributed by atoms with Crippen molar-refractivity contribution in [2.24, 2.45) is 0 Å². The van der Waals surface area contributed by atoms with E-state index in [1.54, 1.807) is 13.1 Å². The van der Waals surface area contributed by atoms with Crippen LogP contribution in [-0.2, 0) is 17.8 Å². The Bertz CT molecular complexity index is 680. The van der Waals surface area contributed by atoms with Gasteiger partial charge in [0.15, 0.2) is 5.82 Å². The number of carbonyl (C=O) groups is 1. The van der Waals surface area contributed by atoms with Crippen LogP contribution >= 0.6 is 11.6 Å². The molecule has 0 bridgehead atoms. The van der Waals surface area contributed by atoms with Gasteiger partial charge in [-0.1, -0.05) is 22.8 Å². The highest BCUT2D eigenvalue weighted by Gasteiger charge is 2.29. The first-order valence-corrected chi connectivity index (χ1v) is 7.41. The van der Waals surface area contributed by atoms with Crippen molar-refractivity contribution in [3.8, 4) is 0 Å². The summed E-state index contributed by atoms with van der Waals surface area (Å²) in [4.78, 5) is 17.9. The summed E-state index contributed by atoms with van der Waals surface area (Å²) in [6, 6.07) is 4.36. The van der Waals surface area contributed by atoms with E-state index in [-0.39, 0.29) is 29.5 Å². The summed E-state index contributed by atoms with van der Waals surface area (Å²) in [6.45, 7) is 0.223. The molecular formula is C15H15ClFN3O2. The van der Waals surface area contributed by atoms with Gasteiger partial charge < -0.3 is 9.42 Å². The first kappa shape index (κ1) is 15.0. The quantitative estimate of drug-likeness (QED) is 0.849. The molecule has 1 aliphatic carbocycles. The summed E-state index contributed by atoms with van der Waals surface area (Å²) in [7, 11) is 1.62. The van der Waals surface area contributed by atoms with Crippen molar-refractivity contribution < 1.29 is 13.7 Å². The van der Waals surface area contributed by atoms with E-state index in [1.807, 2.05) is 0 Å². The summed E-state index contributed by atoms with van der Waals surface area (Å²) in [5.74, 6) is 0.722. The third-order valence-electron chi connectivity index (χ3n) is 3.60. The molecular weight excluding hydrogens is 309 g/mol. The smallest absolute Gasteiger partial charge is 0.229 e. The Morgan fingerprint density at radius 3 is 2.95 bits per heavy atom. The fraction of sp³-hybridized carbons (Fsp3) is 0.400. The Balaban J connectivity index is 1.63. The van der Waals surface area contributed by atoms with Gasteiger partial charge in [0, 0.05) is 23.6 Å². The Kier molecular flexibility index (Phi) is 4.11. The van der Waals surface area contributed by atoms with E-state index < -0.39 is 5.82 Å². The topological polar surface area (TPSA) is 59.2 Å². The fourth-order valence-electron chi connectivity index (χ4n) is 2.12. The summed E-state index contributed by atoms with van der Waals surface area (Å²) in [5, 5.41) is 4.11. The van der Waals surface area contributed by atoms with Crippen LogP contribution < -0.4 is 0 Å². The molecule has 116 valence electrons. The molecule has 2 aromatic rings. The van der Waals surface area contributed by atoms with E-state index in [0.29, 0.717) is 17.6 Å². The minimum Gasteiger partial charge on any atom is -0.339 e. The Hall–Kier alpha value is -1.95. The van der Waals surface area contributed by atoms with Crippen molar-refractivity contribution in [1.29, 1.82) is 0 Å². The van der Waals surface area contributed by atoms with Crippen LogP contribution in [0.15, 0.2) is 22.7 Å². The van der Waals surface area contributed by atoms with Gasteiger partial charge in [-0.2, -0.15) is 4.98 Å². The molecule has 0 spiro atoms. The highest BCUT2D eigenvalue weighted by atomic mass is 35.5. The molecule has 1 aromatic heterocycles. The average molecular weight is 324 g/mol. The Morgan fingerprint density at radius 2 is 2.27 bits per heavy atom. The lowest BCUT2D eigenvalue weighted by atomic mass is 10.1. The second-order valence-corrected chi connectivity index (χ2v) is 5.86. The van der Waals surface area contributed by atoms with Crippen molar-refractivity contribution in [2.75, 3.05) is 7.05 Å². The zero-order chi connectivity index (χ0) is 15.7. The van der Waals surface area contributed by atoms with Crippen molar-refractivity contribution in [2.45, 2.75) is 31.7 Å². The van der Waals surface area contributed by atoms with Crippen LogP contribution in [0.5, 0.6) is 0 Å². The van der Waals surface area contributed by atoms with Crippen molar-refractivity contribution in [3.05, 3.63) is 46.3 Å². The number of carbonyl (C=O) groups excluding carboxylic acids is 1. The minimum absolute atomic E-state index is 0.102. The predicted octanol–water partition coefficient (Wildman–Crippen LogP) is 2.94. The van der Waals surface area contributed by atoms with Crippen LogP contribution in [0.1, 0.15) is 36.0 Å². The second kappa shape index (κ2) is 6.04. The molecule has 0 atom stereocenters. The first-order valence-electron chi connectivity index (χ1n) is 7.04. The van der Waals surface area contributed by atoms with Crippen molar-refractivity contribution in [3.63, 3.8) is 0 Å². The standard InChI is InChI=1S/C15H15ClFN3O2/c1-20(8-13-18-15(22-19-13)9-5-6-9)14(21)7-10-11(16)3-2-4-12(10)17/h2-4,9H,5-8H2,1H3. The lowest BCUT2D eigenvalue weighted by molar-refractivity contribution is -0.129. The Labute approximate surface area is 132 Å². The van der Waals surface area contributed by atoms with Gasteiger partial charge in [-0.3, -0.25) is 4.79 Å². The van der Waals surface area contributed by atoms with Crippen molar-refractivity contribution >= 4 is 17.5 Å². The number of hydrogen-bond donors (Lipinski definition) is 0. The summed E-state index contributed by atoms with van der Waals surface area (Å²) in [6.07, 6.45) is 2.04. The second-order valence-electron chi connectivity index (χ2n) is 5.45. The van der Waals surface area contributed by atoms with E-state index in [2.05, 4.69) is 10.1 Å². The highest BCUT2D eigenvalue weighted by Crippen LogP contribution is 2.38. The number of benzene rings is 1. The van der Waals surface area contributed by atoms with Gasteiger partial charge in [0.25, 0.3) is 0 Å². The van der Waals surface area contributed by atoms with E-state index in [9.17, 15) is 9.18 Å². The summed E-state index contributed by atoms with van der Waals surface area (Å²) >= 11 is 5.93. The number of likely N-dealkylation sites (N-methyl/N-ethyl adjacent to an activating group) is 1. The van der Waals surface area contributed by atoms with Gasteiger partial charge in [0.2, 0.25) is 11.8 Å². The van der Waals surface area contributed by atoms with Gasteiger partial charge >= 0.3 is 0 Å². The molecule has 0 N–H and O–H groups in total. The molecule has 1 aromatic carbocycles. The SMILES string of the molecule is CN(Cc1noc(C2CC2)n1)C(=O)Cc1c(F)cccc1Cl. The number of nitrogens with zero attached hydrogens (tertiary/aromatic N) is 3. The van der Waals surface area contributed by atoms with Crippen LogP contribution in [0.3, 0.4) is 0 Å². The lowest BCUT2D eigenvalue weighted by Gasteiger charge is -2.15. The molecule has 1 saturated carbocycles. The largest absolute Gasteiger partial charge is 0.339 e. The molecule has 22 heavy (non-hydrogen) atoms. The van der Waals surface area contributed by atoms with Crippen LogP contribution in [-0.4, -0.2) is 28.0 Å².